The van der Waals surface area contributed by atoms with Crippen LogP contribution < -0.4 is 0 Å². The predicted molar refractivity (Wildman–Crippen MR) is 45.7 cm³/mol. The van der Waals surface area contributed by atoms with Gasteiger partial charge in [-0.3, -0.25) is 0 Å². The highest BCUT2D eigenvalue weighted by molar-refractivity contribution is 4.96. The second-order valence-corrected chi connectivity index (χ2v) is 3.94. The molecule has 1 atom stereocenters. The van der Waals surface area contributed by atoms with E-state index in [1.807, 2.05) is 0 Å². The summed E-state index contributed by atoms with van der Waals surface area (Å²) in [5.41, 5.74) is 0. The molecule has 1 fully saturated rings. The summed E-state index contributed by atoms with van der Waals surface area (Å²) in [6.07, 6.45) is 5.74. The van der Waals surface area contributed by atoms with E-state index in [0.29, 0.717) is 0 Å². The second-order valence-electron chi connectivity index (χ2n) is 3.94. The first-order valence-corrected chi connectivity index (χ1v) is 4.54. The fourth-order valence-electron chi connectivity index (χ4n) is 2.10. The van der Waals surface area contributed by atoms with Crippen molar-refractivity contribution in [3.63, 3.8) is 0 Å². The Kier molecular flexibility index (Phi) is 2.76. The lowest BCUT2D eigenvalue weighted by Crippen LogP contribution is -2.19. The summed E-state index contributed by atoms with van der Waals surface area (Å²) >= 11 is 0. The van der Waals surface area contributed by atoms with Crippen molar-refractivity contribution in [2.24, 2.45) is 11.8 Å². The normalized spacial score (nSPS) is 29.4. The van der Waals surface area contributed by atoms with Gasteiger partial charge in [0.05, 0.1) is 0 Å². The van der Waals surface area contributed by atoms with Crippen molar-refractivity contribution >= 4 is 0 Å². The van der Waals surface area contributed by atoms with E-state index in [0.717, 1.165) is 11.8 Å². The van der Waals surface area contributed by atoms with Gasteiger partial charge in [-0.1, -0.05) is 33.6 Å². The van der Waals surface area contributed by atoms with Gasteiger partial charge in [0.15, 0.2) is 0 Å². The Morgan fingerprint density at radius 2 is 2.00 bits per heavy atom. The molecule has 1 saturated carbocycles. The molecule has 1 aliphatic rings. The summed E-state index contributed by atoms with van der Waals surface area (Å²) in [4.78, 5) is 0. The summed E-state index contributed by atoms with van der Waals surface area (Å²) in [7, 11) is 0. The topological polar surface area (TPSA) is 0 Å². The fraction of sp³-hybridized carbons (Fsp3) is 0.900. The molecule has 0 nitrogen and oxygen atoms in total. The van der Waals surface area contributed by atoms with Crippen molar-refractivity contribution in [3.05, 3.63) is 5.92 Å². The molecule has 0 amide bonds. The van der Waals surface area contributed by atoms with E-state index in [4.69, 9.17) is 0 Å². The van der Waals surface area contributed by atoms with E-state index in [1.54, 1.807) is 5.92 Å². The van der Waals surface area contributed by atoms with Crippen LogP contribution in [0, 0.1) is 17.8 Å². The van der Waals surface area contributed by atoms with Gasteiger partial charge >= 0.3 is 0 Å². The second kappa shape index (κ2) is 3.41. The molecule has 0 aromatic heterocycles. The van der Waals surface area contributed by atoms with Crippen LogP contribution in [0.5, 0.6) is 0 Å². The van der Waals surface area contributed by atoms with Crippen LogP contribution in [-0.4, -0.2) is 0 Å². The van der Waals surface area contributed by atoms with E-state index in [-0.39, 0.29) is 0 Å². The van der Waals surface area contributed by atoms with E-state index in [2.05, 4.69) is 20.8 Å². The molecule has 59 valence electrons. The van der Waals surface area contributed by atoms with E-state index >= 15 is 0 Å². The lowest BCUT2D eigenvalue weighted by molar-refractivity contribution is 0.312. The third-order valence-electron chi connectivity index (χ3n) is 2.77. The largest absolute Gasteiger partial charge is 0.0625 e. The first-order valence-electron chi connectivity index (χ1n) is 4.54. The number of hydrogen-bond acceptors (Lipinski definition) is 0. The average molecular weight is 139 g/mol. The minimum atomic E-state index is 0.875. The highest BCUT2D eigenvalue weighted by atomic mass is 14.3. The van der Waals surface area contributed by atoms with Crippen LogP contribution in [0.15, 0.2) is 0 Å². The van der Waals surface area contributed by atoms with Crippen molar-refractivity contribution in [3.8, 4) is 0 Å². The maximum Gasteiger partial charge on any atom is -0.0238 e. The van der Waals surface area contributed by atoms with Crippen LogP contribution in [0.2, 0.25) is 0 Å². The zero-order valence-corrected chi connectivity index (χ0v) is 7.48. The molecule has 0 aromatic carbocycles. The van der Waals surface area contributed by atoms with Crippen LogP contribution in [0.25, 0.3) is 0 Å². The standard InChI is InChI=1S/C10H19/c1-8(2)10-7-5-4-6-9(10)3/h8,10H,4-7H2,1-3H3. The smallest absolute Gasteiger partial charge is 0.0238 e. The molecule has 0 aromatic rings. The number of rotatable bonds is 1. The zero-order chi connectivity index (χ0) is 7.56. The van der Waals surface area contributed by atoms with Crippen LogP contribution >= 0.6 is 0 Å². The first-order chi connectivity index (χ1) is 4.72. The minimum absolute atomic E-state index is 0.875. The summed E-state index contributed by atoms with van der Waals surface area (Å²) < 4.78 is 0. The quantitative estimate of drug-likeness (QED) is 0.522. The van der Waals surface area contributed by atoms with E-state index in [9.17, 15) is 0 Å². The molecule has 0 heterocycles. The predicted octanol–water partition coefficient (Wildman–Crippen LogP) is 3.43. The lowest BCUT2D eigenvalue weighted by Gasteiger charge is -2.31. The van der Waals surface area contributed by atoms with Gasteiger partial charge in [-0.2, -0.15) is 0 Å². The van der Waals surface area contributed by atoms with Crippen molar-refractivity contribution in [1.29, 1.82) is 0 Å². The Hall–Kier alpha value is 0. The molecule has 0 heteroatoms. The average Bonchev–Trinajstić information content (AvgIpc) is 1.88. The van der Waals surface area contributed by atoms with Crippen LogP contribution in [0.3, 0.4) is 0 Å². The minimum Gasteiger partial charge on any atom is -0.0625 e. The van der Waals surface area contributed by atoms with Crippen LogP contribution in [-0.2, 0) is 0 Å². The van der Waals surface area contributed by atoms with Gasteiger partial charge in [0.25, 0.3) is 0 Å². The SMILES string of the molecule is C[C]1CCCCC1C(C)C. The fourth-order valence-corrected chi connectivity index (χ4v) is 2.10. The summed E-state index contributed by atoms with van der Waals surface area (Å²) in [6.45, 7) is 7.03. The maximum atomic E-state index is 2.35. The molecule has 1 aliphatic carbocycles. The molecule has 1 unspecified atom stereocenters. The van der Waals surface area contributed by atoms with Gasteiger partial charge in [0, 0.05) is 0 Å². The summed E-state index contributed by atoms with van der Waals surface area (Å²) in [5, 5.41) is 0. The molecule has 1 radical (unpaired) electrons. The van der Waals surface area contributed by atoms with Gasteiger partial charge < -0.3 is 0 Å². The Morgan fingerprint density at radius 3 is 2.40 bits per heavy atom. The summed E-state index contributed by atoms with van der Waals surface area (Å²) in [6, 6.07) is 0. The summed E-state index contributed by atoms with van der Waals surface area (Å²) in [5.74, 6) is 3.57. The van der Waals surface area contributed by atoms with Gasteiger partial charge in [0.2, 0.25) is 0 Å². The van der Waals surface area contributed by atoms with Crippen molar-refractivity contribution in [2.45, 2.75) is 46.5 Å². The molecule has 0 spiro atoms. The van der Waals surface area contributed by atoms with Gasteiger partial charge in [-0.25, -0.2) is 0 Å². The highest BCUT2D eigenvalue weighted by Crippen LogP contribution is 2.35. The third kappa shape index (κ3) is 1.74. The third-order valence-corrected chi connectivity index (χ3v) is 2.77. The molecule has 0 N–H and O–H groups in total. The van der Waals surface area contributed by atoms with Gasteiger partial charge in [-0.05, 0) is 30.6 Å². The lowest BCUT2D eigenvalue weighted by atomic mass is 9.75. The van der Waals surface area contributed by atoms with Crippen molar-refractivity contribution in [2.75, 3.05) is 0 Å². The molecule has 10 heavy (non-hydrogen) atoms. The molecule has 0 aliphatic heterocycles. The van der Waals surface area contributed by atoms with Crippen molar-refractivity contribution < 1.29 is 0 Å². The Labute approximate surface area is 65.0 Å². The molecule has 0 saturated heterocycles. The highest BCUT2D eigenvalue weighted by Gasteiger charge is 2.23. The van der Waals surface area contributed by atoms with Crippen LogP contribution in [0.4, 0.5) is 0 Å². The molecule has 0 bridgehead atoms. The van der Waals surface area contributed by atoms with Crippen LogP contribution in [0.1, 0.15) is 46.5 Å². The van der Waals surface area contributed by atoms with E-state index < -0.39 is 0 Å². The Balaban J connectivity index is 2.40. The monoisotopic (exact) mass is 139 g/mol. The van der Waals surface area contributed by atoms with E-state index in [1.165, 1.54) is 25.7 Å². The van der Waals surface area contributed by atoms with Crippen molar-refractivity contribution in [1.82, 2.24) is 0 Å². The number of hydrogen-bond donors (Lipinski definition) is 0. The first kappa shape index (κ1) is 8.10. The zero-order valence-electron chi connectivity index (χ0n) is 7.48. The van der Waals surface area contributed by atoms with Gasteiger partial charge in [0.1, 0.15) is 0 Å². The maximum absolute atomic E-state index is 2.35. The molecular formula is C10H19. The van der Waals surface area contributed by atoms with Gasteiger partial charge in [-0.15, -0.1) is 0 Å². The molecular weight excluding hydrogens is 120 g/mol. The Morgan fingerprint density at radius 1 is 1.30 bits per heavy atom. The Bertz CT molecular complexity index is 94.2. The molecule has 1 rings (SSSR count).